The highest BCUT2D eigenvalue weighted by molar-refractivity contribution is 5.87. The van der Waals surface area contributed by atoms with Crippen LogP contribution in [0.2, 0.25) is 0 Å². The zero-order chi connectivity index (χ0) is 14.3. The van der Waals surface area contributed by atoms with Gasteiger partial charge in [-0.25, -0.2) is 0 Å². The molecule has 4 N–H and O–H groups in total. The Kier molecular flexibility index (Phi) is 6.24. The highest BCUT2D eigenvalue weighted by atomic mass is 16.5. The first-order valence-electron chi connectivity index (χ1n) is 6.82. The summed E-state index contributed by atoms with van der Waals surface area (Å²) < 4.78 is 4.84. The molecule has 0 aromatic heterocycles. The van der Waals surface area contributed by atoms with Crippen LogP contribution in [0.4, 0.5) is 0 Å². The molecule has 1 unspecified atom stereocenters. The van der Waals surface area contributed by atoms with E-state index in [2.05, 4.69) is 10.6 Å². The zero-order valence-corrected chi connectivity index (χ0v) is 11.8. The molecule has 1 saturated carbocycles. The molecule has 0 radical (unpaired) electrons. The lowest BCUT2D eigenvalue weighted by atomic mass is 9.94. The Bertz CT molecular complexity index is 314. The van der Waals surface area contributed by atoms with Gasteiger partial charge in [0.05, 0.1) is 6.61 Å². The molecule has 6 heteroatoms. The molecule has 2 amide bonds. The summed E-state index contributed by atoms with van der Waals surface area (Å²) in [6.07, 6.45) is 4.22. The predicted octanol–water partition coefficient (Wildman–Crippen LogP) is -0.0847. The van der Waals surface area contributed by atoms with Crippen molar-refractivity contribution in [2.75, 3.05) is 20.3 Å². The standard InChI is InChI=1S/C13H25N3O3/c1-10(12(18)15-7-8-19-2)16-11(17)9-13(14)5-3-4-6-13/h10H,3-9,14H2,1-2H3,(H,15,18)(H,16,17). The first kappa shape index (κ1) is 15.9. The molecule has 1 aliphatic carbocycles. The van der Waals surface area contributed by atoms with Crippen LogP contribution in [-0.2, 0) is 14.3 Å². The Morgan fingerprint density at radius 3 is 2.58 bits per heavy atom. The molecule has 0 bridgehead atoms. The third kappa shape index (κ3) is 5.57. The molecule has 1 rings (SSSR count). The summed E-state index contributed by atoms with van der Waals surface area (Å²) in [4.78, 5) is 23.5. The molecule has 1 fully saturated rings. The van der Waals surface area contributed by atoms with Gasteiger partial charge in [-0.1, -0.05) is 12.8 Å². The van der Waals surface area contributed by atoms with E-state index in [1.807, 2.05) is 0 Å². The average molecular weight is 271 g/mol. The van der Waals surface area contributed by atoms with Crippen LogP contribution < -0.4 is 16.4 Å². The molecule has 0 spiro atoms. The second-order valence-electron chi connectivity index (χ2n) is 5.32. The van der Waals surface area contributed by atoms with Gasteiger partial charge in [0.25, 0.3) is 0 Å². The maximum Gasteiger partial charge on any atom is 0.242 e. The molecule has 110 valence electrons. The van der Waals surface area contributed by atoms with E-state index < -0.39 is 6.04 Å². The lowest BCUT2D eigenvalue weighted by Crippen LogP contribution is -2.49. The number of hydrogen-bond acceptors (Lipinski definition) is 4. The van der Waals surface area contributed by atoms with Crippen molar-refractivity contribution in [1.29, 1.82) is 0 Å². The number of methoxy groups -OCH3 is 1. The number of ether oxygens (including phenoxy) is 1. The van der Waals surface area contributed by atoms with Gasteiger partial charge in [-0.15, -0.1) is 0 Å². The van der Waals surface area contributed by atoms with Crippen molar-refractivity contribution < 1.29 is 14.3 Å². The van der Waals surface area contributed by atoms with Crippen molar-refractivity contribution in [1.82, 2.24) is 10.6 Å². The van der Waals surface area contributed by atoms with E-state index in [0.29, 0.717) is 19.6 Å². The quantitative estimate of drug-likeness (QED) is 0.564. The summed E-state index contributed by atoms with van der Waals surface area (Å²) in [6.45, 7) is 2.56. The largest absolute Gasteiger partial charge is 0.383 e. The van der Waals surface area contributed by atoms with Crippen molar-refractivity contribution >= 4 is 11.8 Å². The van der Waals surface area contributed by atoms with Gasteiger partial charge >= 0.3 is 0 Å². The molecular weight excluding hydrogens is 246 g/mol. The van der Waals surface area contributed by atoms with E-state index in [1.165, 1.54) is 0 Å². The fraction of sp³-hybridized carbons (Fsp3) is 0.846. The minimum atomic E-state index is -0.547. The summed E-state index contributed by atoms with van der Waals surface area (Å²) in [5.41, 5.74) is 5.75. The summed E-state index contributed by atoms with van der Waals surface area (Å²) in [7, 11) is 1.57. The van der Waals surface area contributed by atoms with Crippen LogP contribution in [0.25, 0.3) is 0 Å². The van der Waals surface area contributed by atoms with Gasteiger partial charge in [-0.3, -0.25) is 9.59 Å². The Morgan fingerprint density at radius 2 is 2.00 bits per heavy atom. The van der Waals surface area contributed by atoms with Gasteiger partial charge in [0.15, 0.2) is 0 Å². The molecule has 0 aromatic rings. The molecule has 19 heavy (non-hydrogen) atoms. The second kappa shape index (κ2) is 7.45. The van der Waals surface area contributed by atoms with Crippen LogP contribution in [0, 0.1) is 0 Å². The number of nitrogens with two attached hydrogens (primary N) is 1. The van der Waals surface area contributed by atoms with Gasteiger partial charge in [0, 0.05) is 25.6 Å². The van der Waals surface area contributed by atoms with Crippen molar-refractivity contribution in [3.63, 3.8) is 0 Å². The minimum absolute atomic E-state index is 0.154. The topological polar surface area (TPSA) is 93.5 Å². The molecule has 0 aromatic carbocycles. The summed E-state index contributed by atoms with van der Waals surface area (Å²) in [6, 6.07) is -0.547. The van der Waals surface area contributed by atoms with Gasteiger partial charge in [0.1, 0.15) is 6.04 Å². The first-order valence-corrected chi connectivity index (χ1v) is 6.82. The number of amides is 2. The third-order valence-electron chi connectivity index (χ3n) is 3.49. The molecule has 0 saturated heterocycles. The zero-order valence-electron chi connectivity index (χ0n) is 11.8. The van der Waals surface area contributed by atoms with Gasteiger partial charge in [-0.2, -0.15) is 0 Å². The number of nitrogens with one attached hydrogen (secondary N) is 2. The monoisotopic (exact) mass is 271 g/mol. The van der Waals surface area contributed by atoms with Crippen molar-refractivity contribution in [2.45, 2.75) is 50.6 Å². The number of rotatable bonds is 7. The van der Waals surface area contributed by atoms with E-state index in [-0.39, 0.29) is 17.4 Å². The Morgan fingerprint density at radius 1 is 1.37 bits per heavy atom. The molecular formula is C13H25N3O3. The smallest absolute Gasteiger partial charge is 0.242 e. The highest BCUT2D eigenvalue weighted by Gasteiger charge is 2.32. The summed E-state index contributed by atoms with van der Waals surface area (Å²) in [5, 5.41) is 5.37. The number of carbonyl (C=O) groups is 2. The lowest BCUT2D eigenvalue weighted by molar-refractivity contribution is -0.129. The Balaban J connectivity index is 2.28. The van der Waals surface area contributed by atoms with Gasteiger partial charge < -0.3 is 21.1 Å². The SMILES string of the molecule is COCCNC(=O)C(C)NC(=O)CC1(N)CCCC1. The fourth-order valence-electron chi connectivity index (χ4n) is 2.36. The van der Waals surface area contributed by atoms with Crippen LogP contribution in [0.15, 0.2) is 0 Å². The molecule has 0 aliphatic heterocycles. The summed E-state index contributed by atoms with van der Waals surface area (Å²) in [5.74, 6) is -0.360. The van der Waals surface area contributed by atoms with E-state index >= 15 is 0 Å². The van der Waals surface area contributed by atoms with Crippen LogP contribution in [-0.4, -0.2) is 43.7 Å². The molecule has 1 atom stereocenters. The van der Waals surface area contributed by atoms with Crippen LogP contribution >= 0.6 is 0 Å². The third-order valence-corrected chi connectivity index (χ3v) is 3.49. The normalized spacial score (nSPS) is 18.9. The van der Waals surface area contributed by atoms with E-state index in [1.54, 1.807) is 14.0 Å². The van der Waals surface area contributed by atoms with Crippen LogP contribution in [0.1, 0.15) is 39.0 Å². The summed E-state index contributed by atoms with van der Waals surface area (Å²) >= 11 is 0. The number of hydrogen-bond donors (Lipinski definition) is 3. The predicted molar refractivity (Wildman–Crippen MR) is 72.5 cm³/mol. The first-order chi connectivity index (χ1) is 8.97. The minimum Gasteiger partial charge on any atom is -0.383 e. The maximum atomic E-state index is 11.9. The van der Waals surface area contributed by atoms with Crippen LogP contribution in [0.3, 0.4) is 0 Å². The van der Waals surface area contributed by atoms with E-state index in [9.17, 15) is 9.59 Å². The Labute approximate surface area is 114 Å². The van der Waals surface area contributed by atoms with Crippen molar-refractivity contribution in [3.05, 3.63) is 0 Å². The fourth-order valence-corrected chi connectivity index (χ4v) is 2.36. The van der Waals surface area contributed by atoms with E-state index in [0.717, 1.165) is 25.7 Å². The molecule has 1 aliphatic rings. The number of carbonyl (C=O) groups excluding carboxylic acids is 2. The average Bonchev–Trinajstić information content (AvgIpc) is 2.75. The van der Waals surface area contributed by atoms with Gasteiger partial charge in [0.2, 0.25) is 11.8 Å². The molecule has 0 heterocycles. The van der Waals surface area contributed by atoms with Crippen molar-refractivity contribution in [2.24, 2.45) is 5.73 Å². The maximum absolute atomic E-state index is 11.9. The Hall–Kier alpha value is -1.14. The van der Waals surface area contributed by atoms with Gasteiger partial charge in [-0.05, 0) is 19.8 Å². The van der Waals surface area contributed by atoms with Crippen LogP contribution in [0.5, 0.6) is 0 Å². The van der Waals surface area contributed by atoms with Crippen molar-refractivity contribution in [3.8, 4) is 0 Å². The second-order valence-corrected chi connectivity index (χ2v) is 5.32. The van der Waals surface area contributed by atoms with E-state index in [4.69, 9.17) is 10.5 Å². The highest BCUT2D eigenvalue weighted by Crippen LogP contribution is 2.29. The lowest BCUT2D eigenvalue weighted by Gasteiger charge is -2.23. The molecule has 6 nitrogen and oxygen atoms in total.